The molecule has 2 rings (SSSR count). The van der Waals surface area contributed by atoms with E-state index in [9.17, 15) is 9.59 Å². The number of aromatic nitrogens is 2. The van der Waals surface area contributed by atoms with Gasteiger partial charge < -0.3 is 10.7 Å². The fourth-order valence-corrected chi connectivity index (χ4v) is 1.62. The van der Waals surface area contributed by atoms with Crippen LogP contribution in [0, 0.1) is 0 Å². The van der Waals surface area contributed by atoms with Crippen molar-refractivity contribution in [1.82, 2.24) is 9.97 Å². The minimum atomic E-state index is -0.568. The topological polar surface area (TPSA) is 88.8 Å². The summed E-state index contributed by atoms with van der Waals surface area (Å²) in [6, 6.07) is 6.89. The van der Waals surface area contributed by atoms with Crippen molar-refractivity contribution in [3.05, 3.63) is 51.4 Å². The van der Waals surface area contributed by atoms with Crippen molar-refractivity contribution in [3.63, 3.8) is 0 Å². The lowest BCUT2D eigenvalue weighted by Crippen LogP contribution is -2.22. The van der Waals surface area contributed by atoms with Crippen LogP contribution in [0.3, 0.4) is 0 Å². The minimum Gasteiger partial charge on any atom is -0.369 e. The van der Waals surface area contributed by atoms with Crippen LogP contribution in [-0.2, 0) is 11.2 Å². The van der Waals surface area contributed by atoms with Gasteiger partial charge >= 0.3 is 0 Å². The second-order valence-corrected chi connectivity index (χ2v) is 4.17. The Labute approximate surface area is 108 Å². The smallest absolute Gasteiger partial charge is 0.254 e. The number of rotatable bonds is 3. The molecule has 0 saturated heterocycles. The number of nitrogens with two attached hydrogens (primary N) is 1. The van der Waals surface area contributed by atoms with Gasteiger partial charge in [-0.25, -0.2) is 4.98 Å². The normalized spacial score (nSPS) is 10.3. The molecule has 0 spiro atoms. The van der Waals surface area contributed by atoms with Crippen molar-refractivity contribution in [2.24, 2.45) is 5.73 Å². The Balaban J connectivity index is 2.37. The molecule has 0 radical (unpaired) electrons. The first kappa shape index (κ1) is 12.3. The number of H-pyrrole nitrogens is 1. The lowest BCUT2D eigenvalue weighted by Gasteiger charge is -2.02. The molecule has 5 nitrogen and oxygen atoms in total. The van der Waals surface area contributed by atoms with E-state index in [1.165, 1.54) is 6.20 Å². The molecule has 0 aliphatic rings. The maximum absolute atomic E-state index is 11.7. The molecule has 1 aromatic heterocycles. The predicted molar refractivity (Wildman–Crippen MR) is 68.2 cm³/mol. The van der Waals surface area contributed by atoms with Crippen molar-refractivity contribution >= 4 is 17.5 Å². The van der Waals surface area contributed by atoms with Crippen molar-refractivity contribution < 1.29 is 4.79 Å². The van der Waals surface area contributed by atoms with E-state index in [2.05, 4.69) is 9.97 Å². The molecule has 0 unspecified atom stereocenters. The van der Waals surface area contributed by atoms with Crippen LogP contribution >= 0.6 is 11.6 Å². The van der Waals surface area contributed by atoms with Gasteiger partial charge in [0, 0.05) is 22.3 Å². The summed E-state index contributed by atoms with van der Waals surface area (Å²) in [5.74, 6) is -0.147. The highest BCUT2D eigenvalue weighted by Crippen LogP contribution is 2.16. The average Bonchev–Trinajstić information content (AvgIpc) is 2.32. The lowest BCUT2D eigenvalue weighted by atomic mass is 10.2. The van der Waals surface area contributed by atoms with E-state index in [0.717, 1.165) is 5.56 Å². The molecule has 6 heteroatoms. The number of carbonyl (C=O) groups excluding carboxylic acids is 1. The summed E-state index contributed by atoms with van der Waals surface area (Å²) in [5, 5.41) is 0.603. The number of aromatic amines is 1. The Morgan fingerprint density at radius 2 is 2.00 bits per heavy atom. The van der Waals surface area contributed by atoms with Gasteiger partial charge in [-0.2, -0.15) is 0 Å². The van der Waals surface area contributed by atoms with Crippen LogP contribution in [0.15, 0.2) is 35.3 Å². The van der Waals surface area contributed by atoms with Gasteiger partial charge in [0.1, 0.15) is 5.82 Å². The molecule has 0 bridgehead atoms. The molecule has 0 aliphatic heterocycles. The molecule has 0 atom stereocenters. The van der Waals surface area contributed by atoms with Crippen LogP contribution in [0.1, 0.15) is 5.56 Å². The maximum Gasteiger partial charge on any atom is 0.254 e. The van der Waals surface area contributed by atoms with Gasteiger partial charge in [-0.3, -0.25) is 9.59 Å². The van der Waals surface area contributed by atoms with Gasteiger partial charge in [-0.1, -0.05) is 11.6 Å². The zero-order chi connectivity index (χ0) is 13.1. The van der Waals surface area contributed by atoms with Crippen LogP contribution in [0.4, 0.5) is 0 Å². The Bertz CT molecular complexity index is 635. The molecule has 2 aromatic rings. The largest absolute Gasteiger partial charge is 0.369 e. The first-order valence-corrected chi connectivity index (χ1v) is 5.56. The highest BCUT2D eigenvalue weighted by atomic mass is 35.5. The fourth-order valence-electron chi connectivity index (χ4n) is 1.49. The number of nitrogens with zero attached hydrogens (tertiary/aromatic N) is 1. The van der Waals surface area contributed by atoms with E-state index in [1.54, 1.807) is 24.3 Å². The number of hydrogen-bond acceptors (Lipinski definition) is 3. The molecule has 18 heavy (non-hydrogen) atoms. The zero-order valence-electron chi connectivity index (χ0n) is 9.31. The van der Waals surface area contributed by atoms with Gasteiger partial charge in [0.05, 0.1) is 6.42 Å². The van der Waals surface area contributed by atoms with Crippen LogP contribution < -0.4 is 11.3 Å². The summed E-state index contributed by atoms with van der Waals surface area (Å²) in [6.45, 7) is 0. The van der Waals surface area contributed by atoms with Crippen molar-refractivity contribution in [2.75, 3.05) is 0 Å². The van der Waals surface area contributed by atoms with E-state index < -0.39 is 5.91 Å². The van der Waals surface area contributed by atoms with Gasteiger partial charge in [-0.15, -0.1) is 0 Å². The Morgan fingerprint density at radius 3 is 2.56 bits per heavy atom. The summed E-state index contributed by atoms with van der Waals surface area (Å²) >= 11 is 5.77. The van der Waals surface area contributed by atoms with Gasteiger partial charge in [0.2, 0.25) is 5.91 Å². The zero-order valence-corrected chi connectivity index (χ0v) is 10.1. The van der Waals surface area contributed by atoms with Crippen molar-refractivity contribution in [3.8, 4) is 11.4 Å². The molecular formula is C12H10ClN3O2. The van der Waals surface area contributed by atoms with Crippen molar-refractivity contribution in [2.45, 2.75) is 6.42 Å². The molecule has 1 amide bonds. The Kier molecular flexibility index (Phi) is 3.43. The summed E-state index contributed by atoms with van der Waals surface area (Å²) in [7, 11) is 0. The van der Waals surface area contributed by atoms with Gasteiger partial charge in [-0.05, 0) is 24.3 Å². The van der Waals surface area contributed by atoms with E-state index in [0.29, 0.717) is 10.8 Å². The van der Waals surface area contributed by atoms with E-state index in [1.807, 2.05) is 0 Å². The summed E-state index contributed by atoms with van der Waals surface area (Å²) in [4.78, 5) is 29.1. The summed E-state index contributed by atoms with van der Waals surface area (Å²) in [5.41, 5.74) is 5.65. The molecule has 92 valence electrons. The van der Waals surface area contributed by atoms with Gasteiger partial charge in [0.25, 0.3) is 5.56 Å². The first-order chi connectivity index (χ1) is 8.56. The maximum atomic E-state index is 11.7. The number of benzene rings is 1. The molecular weight excluding hydrogens is 254 g/mol. The second-order valence-electron chi connectivity index (χ2n) is 3.74. The molecule has 1 aromatic carbocycles. The van der Waals surface area contributed by atoms with Gasteiger partial charge in [0.15, 0.2) is 0 Å². The van der Waals surface area contributed by atoms with Crippen LogP contribution in [0.25, 0.3) is 11.4 Å². The molecule has 0 aliphatic carbocycles. The monoisotopic (exact) mass is 263 g/mol. The third-order valence-electron chi connectivity index (χ3n) is 2.36. The SMILES string of the molecule is NC(=O)Cc1cnc(-c2ccc(Cl)cc2)[nH]c1=O. The summed E-state index contributed by atoms with van der Waals surface area (Å²) in [6.07, 6.45) is 1.23. The number of hydrogen-bond donors (Lipinski definition) is 2. The number of halogens is 1. The molecule has 0 saturated carbocycles. The molecule has 1 heterocycles. The fraction of sp³-hybridized carbons (Fsp3) is 0.0833. The van der Waals surface area contributed by atoms with E-state index in [-0.39, 0.29) is 17.5 Å². The molecule has 0 fully saturated rings. The highest BCUT2D eigenvalue weighted by molar-refractivity contribution is 6.30. The second kappa shape index (κ2) is 5.01. The Morgan fingerprint density at radius 1 is 1.33 bits per heavy atom. The lowest BCUT2D eigenvalue weighted by molar-refractivity contribution is -0.117. The number of amides is 1. The van der Waals surface area contributed by atoms with Crippen LogP contribution in [0.5, 0.6) is 0 Å². The van der Waals surface area contributed by atoms with Crippen LogP contribution in [-0.4, -0.2) is 15.9 Å². The number of nitrogens with one attached hydrogen (secondary N) is 1. The van der Waals surface area contributed by atoms with Crippen molar-refractivity contribution in [1.29, 1.82) is 0 Å². The summed E-state index contributed by atoms with van der Waals surface area (Å²) < 4.78 is 0. The Hall–Kier alpha value is -2.14. The number of primary amides is 1. The minimum absolute atomic E-state index is 0.122. The predicted octanol–water partition coefficient (Wildman–Crippen LogP) is 1.12. The number of carbonyl (C=O) groups is 1. The third kappa shape index (κ3) is 2.75. The molecule has 3 N–H and O–H groups in total. The highest BCUT2D eigenvalue weighted by Gasteiger charge is 2.07. The standard InChI is InChI=1S/C12H10ClN3O2/c13-9-3-1-7(2-4-9)11-15-6-8(5-10(14)17)12(18)16-11/h1-4,6H,5H2,(H2,14,17)(H,15,16,18). The third-order valence-corrected chi connectivity index (χ3v) is 2.61. The quantitative estimate of drug-likeness (QED) is 0.870. The van der Waals surface area contributed by atoms with Crippen LogP contribution in [0.2, 0.25) is 5.02 Å². The first-order valence-electron chi connectivity index (χ1n) is 5.18. The average molecular weight is 264 g/mol. The van der Waals surface area contributed by atoms with E-state index in [4.69, 9.17) is 17.3 Å². The van der Waals surface area contributed by atoms with E-state index >= 15 is 0 Å².